The van der Waals surface area contributed by atoms with E-state index in [1.165, 1.54) is 32.4 Å². The summed E-state index contributed by atoms with van der Waals surface area (Å²) in [5.74, 6) is 0.393. The minimum absolute atomic E-state index is 0.0214. The number of rotatable bonds is 2. The highest BCUT2D eigenvalue weighted by molar-refractivity contribution is 5.93. The molecule has 3 rings (SSSR count). The molecule has 0 radical (unpaired) electrons. The number of amides is 1. The molecular weight excluding hydrogens is 242 g/mol. The van der Waals surface area contributed by atoms with Crippen LogP contribution in [-0.4, -0.2) is 58.1 Å². The number of nitrogens with two attached hydrogens (primary N) is 1. The summed E-state index contributed by atoms with van der Waals surface area (Å²) in [6.45, 7) is 4.03. The van der Waals surface area contributed by atoms with Gasteiger partial charge < -0.3 is 10.6 Å². The molecule has 104 valence electrons. The van der Waals surface area contributed by atoms with Gasteiger partial charge in [0.05, 0.1) is 0 Å². The SMILES string of the molecule is Nc1cc(C(=O)N2CCCC(N3CCCC3)C2)[nH]n1. The third-order valence-corrected chi connectivity index (χ3v) is 4.17. The number of likely N-dealkylation sites (tertiary alicyclic amines) is 2. The van der Waals surface area contributed by atoms with Crippen LogP contribution >= 0.6 is 0 Å². The van der Waals surface area contributed by atoms with E-state index in [-0.39, 0.29) is 5.91 Å². The van der Waals surface area contributed by atoms with E-state index in [4.69, 9.17) is 5.73 Å². The van der Waals surface area contributed by atoms with Crippen LogP contribution in [0.5, 0.6) is 0 Å². The van der Waals surface area contributed by atoms with Crippen LogP contribution in [0.1, 0.15) is 36.2 Å². The molecule has 2 saturated heterocycles. The lowest BCUT2D eigenvalue weighted by molar-refractivity contribution is 0.0602. The quantitative estimate of drug-likeness (QED) is 0.823. The third kappa shape index (κ3) is 2.58. The third-order valence-electron chi connectivity index (χ3n) is 4.17. The fourth-order valence-corrected chi connectivity index (χ4v) is 3.16. The topological polar surface area (TPSA) is 78.3 Å². The molecule has 0 saturated carbocycles. The van der Waals surface area contributed by atoms with Crippen LogP contribution in [0.3, 0.4) is 0 Å². The van der Waals surface area contributed by atoms with Crippen molar-refractivity contribution in [3.8, 4) is 0 Å². The lowest BCUT2D eigenvalue weighted by Gasteiger charge is -2.37. The van der Waals surface area contributed by atoms with Gasteiger partial charge in [-0.15, -0.1) is 0 Å². The molecular formula is C13H21N5O. The standard InChI is InChI=1S/C13H21N5O/c14-12-8-11(15-16-12)13(19)18-7-3-4-10(9-18)17-5-1-2-6-17/h8,10H,1-7,9H2,(H3,14,15,16). The zero-order valence-electron chi connectivity index (χ0n) is 11.1. The van der Waals surface area contributed by atoms with Crippen LogP contribution in [0.15, 0.2) is 6.07 Å². The number of hydrogen-bond acceptors (Lipinski definition) is 4. The van der Waals surface area contributed by atoms with Crippen molar-refractivity contribution in [3.63, 3.8) is 0 Å². The van der Waals surface area contributed by atoms with Gasteiger partial charge in [0.25, 0.3) is 5.91 Å². The number of nitrogen functional groups attached to an aromatic ring is 1. The van der Waals surface area contributed by atoms with Crippen molar-refractivity contribution < 1.29 is 4.79 Å². The van der Waals surface area contributed by atoms with E-state index < -0.39 is 0 Å². The summed E-state index contributed by atoms with van der Waals surface area (Å²) < 4.78 is 0. The lowest BCUT2D eigenvalue weighted by atomic mass is 10.0. The van der Waals surface area contributed by atoms with E-state index >= 15 is 0 Å². The summed E-state index contributed by atoms with van der Waals surface area (Å²) in [5.41, 5.74) is 6.05. The Kier molecular flexibility index (Phi) is 3.42. The molecule has 6 nitrogen and oxygen atoms in total. The summed E-state index contributed by atoms with van der Waals surface area (Å²) >= 11 is 0. The van der Waals surface area contributed by atoms with Gasteiger partial charge in [0, 0.05) is 25.2 Å². The molecule has 2 fully saturated rings. The summed E-state index contributed by atoms with van der Waals surface area (Å²) in [6, 6.07) is 2.14. The van der Waals surface area contributed by atoms with Gasteiger partial charge in [-0.2, -0.15) is 5.10 Å². The van der Waals surface area contributed by atoms with Gasteiger partial charge in [-0.05, 0) is 38.8 Å². The van der Waals surface area contributed by atoms with Crippen LogP contribution in [0.4, 0.5) is 5.82 Å². The average Bonchev–Trinajstić information content (AvgIpc) is 3.09. The second-order valence-corrected chi connectivity index (χ2v) is 5.50. The number of anilines is 1. The highest BCUT2D eigenvalue weighted by Crippen LogP contribution is 2.21. The molecule has 1 aromatic rings. The summed E-state index contributed by atoms with van der Waals surface area (Å²) in [5, 5.41) is 6.53. The molecule has 2 aliphatic heterocycles. The summed E-state index contributed by atoms with van der Waals surface area (Å²) in [7, 11) is 0. The van der Waals surface area contributed by atoms with Gasteiger partial charge in [-0.3, -0.25) is 14.8 Å². The number of aromatic amines is 1. The Balaban J connectivity index is 1.65. The first-order valence-corrected chi connectivity index (χ1v) is 7.08. The molecule has 1 atom stereocenters. The maximum absolute atomic E-state index is 12.4. The van der Waals surface area contributed by atoms with Crippen molar-refractivity contribution in [2.24, 2.45) is 0 Å². The van der Waals surface area contributed by atoms with Crippen LogP contribution < -0.4 is 5.73 Å². The minimum Gasteiger partial charge on any atom is -0.382 e. The van der Waals surface area contributed by atoms with Gasteiger partial charge in [0.1, 0.15) is 11.5 Å². The van der Waals surface area contributed by atoms with E-state index in [1.807, 2.05) is 4.90 Å². The molecule has 3 heterocycles. The lowest BCUT2D eigenvalue weighted by Crippen LogP contribution is -2.49. The first kappa shape index (κ1) is 12.5. The van der Waals surface area contributed by atoms with Crippen LogP contribution in [0.25, 0.3) is 0 Å². The van der Waals surface area contributed by atoms with Gasteiger partial charge in [-0.1, -0.05) is 0 Å². The highest BCUT2D eigenvalue weighted by Gasteiger charge is 2.30. The van der Waals surface area contributed by atoms with E-state index in [2.05, 4.69) is 15.1 Å². The number of nitrogens with zero attached hydrogens (tertiary/aromatic N) is 3. The predicted molar refractivity (Wildman–Crippen MR) is 72.7 cm³/mol. The second kappa shape index (κ2) is 5.21. The highest BCUT2D eigenvalue weighted by atomic mass is 16.2. The van der Waals surface area contributed by atoms with Gasteiger partial charge in [0.15, 0.2) is 0 Å². The number of aromatic nitrogens is 2. The monoisotopic (exact) mass is 263 g/mol. The predicted octanol–water partition coefficient (Wildman–Crippen LogP) is 0.692. The molecule has 19 heavy (non-hydrogen) atoms. The van der Waals surface area contributed by atoms with Crippen LogP contribution in [0, 0.1) is 0 Å². The molecule has 0 aliphatic carbocycles. The Morgan fingerprint density at radius 3 is 2.79 bits per heavy atom. The van der Waals surface area contributed by atoms with E-state index in [0.29, 0.717) is 17.6 Å². The maximum Gasteiger partial charge on any atom is 0.271 e. The molecule has 3 N–H and O–H groups in total. The fourth-order valence-electron chi connectivity index (χ4n) is 3.16. The van der Waals surface area contributed by atoms with E-state index in [9.17, 15) is 4.79 Å². The number of hydrogen-bond donors (Lipinski definition) is 2. The van der Waals surface area contributed by atoms with E-state index in [0.717, 1.165) is 19.5 Å². The second-order valence-electron chi connectivity index (χ2n) is 5.50. The zero-order chi connectivity index (χ0) is 13.2. The maximum atomic E-state index is 12.4. The normalized spacial score (nSPS) is 24.8. The Bertz CT molecular complexity index is 452. The Morgan fingerprint density at radius 1 is 1.32 bits per heavy atom. The number of carbonyl (C=O) groups excluding carboxylic acids is 1. The first-order valence-electron chi connectivity index (χ1n) is 7.08. The average molecular weight is 263 g/mol. The minimum atomic E-state index is 0.0214. The van der Waals surface area contributed by atoms with Crippen LogP contribution in [-0.2, 0) is 0 Å². The van der Waals surface area contributed by atoms with Gasteiger partial charge in [0.2, 0.25) is 0 Å². The van der Waals surface area contributed by atoms with Gasteiger partial charge >= 0.3 is 0 Å². The molecule has 0 bridgehead atoms. The van der Waals surface area contributed by atoms with E-state index in [1.54, 1.807) is 6.07 Å². The first-order chi connectivity index (χ1) is 9.24. The number of nitrogens with one attached hydrogen (secondary N) is 1. The molecule has 0 aromatic carbocycles. The van der Waals surface area contributed by atoms with Gasteiger partial charge in [-0.25, -0.2) is 0 Å². The number of piperidine rings is 1. The number of carbonyl (C=O) groups is 1. The van der Waals surface area contributed by atoms with Crippen molar-refractivity contribution in [3.05, 3.63) is 11.8 Å². The Hall–Kier alpha value is -1.56. The Morgan fingerprint density at radius 2 is 2.11 bits per heavy atom. The molecule has 1 amide bonds. The smallest absolute Gasteiger partial charge is 0.271 e. The van der Waals surface area contributed by atoms with Crippen LogP contribution in [0.2, 0.25) is 0 Å². The molecule has 2 aliphatic rings. The van der Waals surface area contributed by atoms with Crippen molar-refractivity contribution in [2.75, 3.05) is 31.9 Å². The van der Waals surface area contributed by atoms with Crippen molar-refractivity contribution in [2.45, 2.75) is 31.7 Å². The summed E-state index contributed by atoms with van der Waals surface area (Å²) in [6.07, 6.45) is 4.87. The number of H-pyrrole nitrogens is 1. The van der Waals surface area contributed by atoms with Crippen molar-refractivity contribution in [1.29, 1.82) is 0 Å². The van der Waals surface area contributed by atoms with Crippen molar-refractivity contribution >= 4 is 11.7 Å². The fraction of sp³-hybridized carbons (Fsp3) is 0.692. The molecule has 1 unspecified atom stereocenters. The summed E-state index contributed by atoms with van der Waals surface area (Å²) in [4.78, 5) is 16.8. The zero-order valence-corrected chi connectivity index (χ0v) is 11.1. The van der Waals surface area contributed by atoms with Crippen molar-refractivity contribution in [1.82, 2.24) is 20.0 Å². The Labute approximate surface area is 112 Å². The largest absolute Gasteiger partial charge is 0.382 e. The molecule has 6 heteroatoms. The molecule has 0 spiro atoms. The molecule has 1 aromatic heterocycles.